The fourth-order valence-electron chi connectivity index (χ4n) is 6.88. The van der Waals surface area contributed by atoms with Gasteiger partial charge in [0.1, 0.15) is 11.5 Å². The maximum absolute atomic E-state index is 6.08. The number of methoxy groups -OCH3 is 2. The van der Waals surface area contributed by atoms with E-state index in [1.54, 1.807) is 14.2 Å². The molecule has 6 aromatic rings. The summed E-state index contributed by atoms with van der Waals surface area (Å²) in [6.07, 6.45) is 0. The van der Waals surface area contributed by atoms with E-state index in [2.05, 4.69) is 146 Å². The molecule has 0 fully saturated rings. The molecule has 0 heterocycles. The van der Waals surface area contributed by atoms with Crippen molar-refractivity contribution < 1.29 is 9.47 Å². The van der Waals surface area contributed by atoms with E-state index in [9.17, 15) is 0 Å². The Balaban J connectivity index is 1.58. The second-order valence-electron chi connectivity index (χ2n) is 11.2. The number of hydrogen-bond acceptors (Lipinski definition) is 2. The molecule has 0 bridgehead atoms. The van der Waals surface area contributed by atoms with Crippen LogP contribution in [0.4, 0.5) is 0 Å². The molecule has 2 nitrogen and oxygen atoms in total. The standard InChI is InChI=1S/C42H30O2/c1-43-37-25-35-33(23-31(37)27-15-7-3-8-16-27)39(29-19-11-5-12-20-29)42-36-26-38(44-2)32(28-17-9-4-10-18-28)24-34(36)40(41(35)42)30-21-13-6-14-22-30/h3-26H,1-2H3. The zero-order chi connectivity index (χ0) is 29.6. The van der Waals surface area contributed by atoms with Gasteiger partial charge in [0, 0.05) is 11.1 Å². The second-order valence-corrected chi connectivity index (χ2v) is 11.2. The van der Waals surface area contributed by atoms with Crippen molar-refractivity contribution in [2.75, 3.05) is 14.2 Å². The lowest BCUT2D eigenvalue weighted by Gasteiger charge is -2.11. The van der Waals surface area contributed by atoms with Crippen molar-refractivity contribution in [1.82, 2.24) is 0 Å². The van der Waals surface area contributed by atoms with Gasteiger partial charge in [0.25, 0.3) is 0 Å². The molecule has 44 heavy (non-hydrogen) atoms. The van der Waals surface area contributed by atoms with Crippen LogP contribution in [-0.4, -0.2) is 14.2 Å². The van der Waals surface area contributed by atoms with Crippen LogP contribution < -0.4 is 30.3 Å². The predicted octanol–water partition coefficient (Wildman–Crippen LogP) is 6.46. The number of rotatable bonds is 6. The zero-order valence-electron chi connectivity index (χ0n) is 24.7. The Morgan fingerprint density at radius 3 is 0.932 bits per heavy atom. The fraction of sp³-hybridized carbons (Fsp3) is 0.0476. The van der Waals surface area contributed by atoms with Gasteiger partial charge in [0.05, 0.1) is 14.2 Å². The number of ether oxygens (including phenoxy) is 2. The van der Waals surface area contributed by atoms with Gasteiger partial charge in [0.2, 0.25) is 0 Å². The zero-order valence-corrected chi connectivity index (χ0v) is 24.7. The molecule has 2 aliphatic rings. The lowest BCUT2D eigenvalue weighted by Crippen LogP contribution is -2.29. The monoisotopic (exact) mass is 566 g/mol. The molecule has 0 radical (unpaired) electrons. The summed E-state index contributed by atoms with van der Waals surface area (Å²) in [6.45, 7) is 0. The van der Waals surface area contributed by atoms with E-state index in [-0.39, 0.29) is 0 Å². The molecule has 6 aromatic carbocycles. The molecule has 2 aliphatic carbocycles. The van der Waals surface area contributed by atoms with Crippen molar-refractivity contribution in [2.24, 2.45) is 0 Å². The molecule has 0 spiro atoms. The molecule has 0 unspecified atom stereocenters. The normalized spacial score (nSPS) is 13.0. The van der Waals surface area contributed by atoms with E-state index in [0.717, 1.165) is 33.8 Å². The van der Waals surface area contributed by atoms with E-state index in [1.807, 2.05) is 0 Å². The highest BCUT2D eigenvalue weighted by Crippen LogP contribution is 2.41. The predicted molar refractivity (Wildman–Crippen MR) is 180 cm³/mol. The summed E-state index contributed by atoms with van der Waals surface area (Å²) < 4.78 is 12.2. The van der Waals surface area contributed by atoms with Crippen LogP contribution in [-0.2, 0) is 0 Å². The number of hydrogen-bond donors (Lipinski definition) is 0. The highest BCUT2D eigenvalue weighted by Gasteiger charge is 2.31. The minimum Gasteiger partial charge on any atom is -0.496 e. The van der Waals surface area contributed by atoms with Crippen LogP contribution in [0.5, 0.6) is 11.5 Å². The molecule has 0 N–H and O–H groups in total. The average Bonchev–Trinajstić information content (AvgIpc) is 3.60. The van der Waals surface area contributed by atoms with Crippen LogP contribution >= 0.6 is 0 Å². The first-order chi connectivity index (χ1) is 21.8. The van der Waals surface area contributed by atoms with Crippen molar-refractivity contribution >= 4 is 22.3 Å². The fourth-order valence-corrected chi connectivity index (χ4v) is 6.88. The summed E-state index contributed by atoms with van der Waals surface area (Å²) >= 11 is 0. The van der Waals surface area contributed by atoms with Crippen molar-refractivity contribution in [3.63, 3.8) is 0 Å². The topological polar surface area (TPSA) is 18.5 Å². The maximum Gasteiger partial charge on any atom is 0.127 e. The number of fused-ring (bicyclic) bond motifs is 3. The summed E-state index contributed by atoms with van der Waals surface area (Å²) in [5.41, 5.74) is 11.8. The van der Waals surface area contributed by atoms with Gasteiger partial charge < -0.3 is 9.47 Å². The van der Waals surface area contributed by atoms with Crippen molar-refractivity contribution in [2.45, 2.75) is 0 Å². The van der Waals surface area contributed by atoms with Gasteiger partial charge >= 0.3 is 0 Å². The van der Waals surface area contributed by atoms with Gasteiger partial charge in [-0.3, -0.25) is 0 Å². The first-order valence-electron chi connectivity index (χ1n) is 14.9. The third-order valence-corrected chi connectivity index (χ3v) is 8.80. The molecular weight excluding hydrogens is 536 g/mol. The Labute approximate surface area is 256 Å². The lowest BCUT2D eigenvalue weighted by molar-refractivity contribution is 0.416. The molecular formula is C42H30O2. The third kappa shape index (κ3) is 4.03. The largest absolute Gasteiger partial charge is 0.496 e. The Kier molecular flexibility index (Phi) is 6.27. The molecule has 0 saturated heterocycles. The van der Waals surface area contributed by atoms with Crippen LogP contribution in [0.15, 0.2) is 146 Å². The van der Waals surface area contributed by atoms with Gasteiger partial charge in [-0.25, -0.2) is 0 Å². The van der Waals surface area contributed by atoms with Gasteiger partial charge in [-0.1, -0.05) is 121 Å². The summed E-state index contributed by atoms with van der Waals surface area (Å²) in [5.74, 6) is 1.73. The Bertz CT molecular complexity index is 2140. The van der Waals surface area contributed by atoms with E-state index in [0.29, 0.717) is 0 Å². The van der Waals surface area contributed by atoms with E-state index in [1.165, 1.54) is 54.3 Å². The van der Waals surface area contributed by atoms with E-state index < -0.39 is 0 Å². The summed E-state index contributed by atoms with van der Waals surface area (Å²) in [5, 5.41) is 4.80. The maximum atomic E-state index is 6.08. The molecule has 0 aliphatic heterocycles. The van der Waals surface area contributed by atoms with Crippen LogP contribution in [0.1, 0.15) is 11.1 Å². The van der Waals surface area contributed by atoms with E-state index >= 15 is 0 Å². The van der Waals surface area contributed by atoms with E-state index in [4.69, 9.17) is 9.47 Å². The van der Waals surface area contributed by atoms with Gasteiger partial charge in [-0.05, 0) is 89.7 Å². The van der Waals surface area contributed by atoms with Crippen LogP contribution in [0.2, 0.25) is 0 Å². The van der Waals surface area contributed by atoms with Gasteiger partial charge in [0.15, 0.2) is 0 Å². The van der Waals surface area contributed by atoms with Crippen LogP contribution in [0, 0.1) is 0 Å². The second kappa shape index (κ2) is 10.6. The van der Waals surface area contributed by atoms with Crippen molar-refractivity contribution in [1.29, 1.82) is 0 Å². The lowest BCUT2D eigenvalue weighted by atomic mass is 9.92. The van der Waals surface area contributed by atoms with Crippen LogP contribution in [0.3, 0.4) is 0 Å². The molecule has 210 valence electrons. The highest BCUT2D eigenvalue weighted by molar-refractivity contribution is 6.31. The summed E-state index contributed by atoms with van der Waals surface area (Å²) in [7, 11) is 3.53. The van der Waals surface area contributed by atoms with Crippen molar-refractivity contribution in [3.8, 4) is 33.8 Å². The third-order valence-electron chi connectivity index (χ3n) is 8.80. The Hall–Kier alpha value is -5.60. The molecule has 0 amide bonds. The summed E-state index contributed by atoms with van der Waals surface area (Å²) in [4.78, 5) is 0. The highest BCUT2D eigenvalue weighted by atomic mass is 16.5. The first kappa shape index (κ1) is 26.1. The quantitative estimate of drug-likeness (QED) is 0.230. The SMILES string of the molecule is COc1cc2c(cc1-c1ccccc1)=C(c1ccccc1)C1=c3cc(OC)c(-c4ccccc4)cc3=C(c3ccccc3)C=21. The molecule has 0 saturated carbocycles. The smallest absolute Gasteiger partial charge is 0.127 e. The molecule has 0 atom stereocenters. The average molecular weight is 567 g/mol. The van der Waals surface area contributed by atoms with Crippen LogP contribution in [0.25, 0.3) is 44.5 Å². The molecule has 0 aromatic heterocycles. The molecule has 2 heteroatoms. The minimum absolute atomic E-state index is 0.863. The Morgan fingerprint density at radius 1 is 0.318 bits per heavy atom. The first-order valence-corrected chi connectivity index (χ1v) is 14.9. The number of benzene rings is 6. The van der Waals surface area contributed by atoms with Gasteiger partial charge in [-0.2, -0.15) is 0 Å². The summed E-state index contributed by atoms with van der Waals surface area (Å²) in [6, 6.07) is 51.7. The van der Waals surface area contributed by atoms with Crippen molar-refractivity contribution in [3.05, 3.63) is 178 Å². The minimum atomic E-state index is 0.863. The Morgan fingerprint density at radius 2 is 0.614 bits per heavy atom. The molecule has 8 rings (SSSR count). The van der Waals surface area contributed by atoms with Gasteiger partial charge in [-0.15, -0.1) is 0 Å².